The normalized spacial score (nSPS) is 16.6. The lowest BCUT2D eigenvalue weighted by Crippen LogP contribution is -2.33. The van der Waals surface area contributed by atoms with E-state index in [1.807, 2.05) is 6.07 Å². The molecule has 0 unspecified atom stereocenters. The molecule has 0 bridgehead atoms. The number of nitrogens with zero attached hydrogens (tertiary/aromatic N) is 4. The van der Waals surface area contributed by atoms with E-state index in [9.17, 15) is 10.1 Å². The third kappa shape index (κ3) is 3.42. The second kappa shape index (κ2) is 6.30. The number of rotatable bonds is 4. The molecule has 0 aliphatic carbocycles. The maximum atomic E-state index is 11.0. The molecule has 1 aromatic rings. The first-order valence-electron chi connectivity index (χ1n) is 6.57. The van der Waals surface area contributed by atoms with E-state index in [-0.39, 0.29) is 17.1 Å². The molecule has 20 heavy (non-hydrogen) atoms. The van der Waals surface area contributed by atoms with Crippen molar-refractivity contribution in [3.8, 4) is 6.07 Å². The largest absolute Gasteiger partial charge is 0.364 e. The molecule has 2 rings (SSSR count). The van der Waals surface area contributed by atoms with Crippen molar-refractivity contribution in [1.29, 1.82) is 5.26 Å². The highest BCUT2D eigenvalue weighted by molar-refractivity contribution is 5.58. The highest BCUT2D eigenvalue weighted by Crippen LogP contribution is 2.24. The van der Waals surface area contributed by atoms with Crippen LogP contribution in [0, 0.1) is 27.4 Å². The van der Waals surface area contributed by atoms with Crippen molar-refractivity contribution in [1.82, 2.24) is 9.88 Å². The number of nitro groups is 1. The van der Waals surface area contributed by atoms with Gasteiger partial charge in [0.15, 0.2) is 0 Å². The van der Waals surface area contributed by atoms with E-state index in [2.05, 4.69) is 22.2 Å². The lowest BCUT2D eigenvalue weighted by atomic mass is 9.97. The number of aromatic nitrogens is 1. The van der Waals surface area contributed by atoms with Crippen LogP contribution in [0.5, 0.6) is 0 Å². The third-order valence-corrected chi connectivity index (χ3v) is 3.59. The van der Waals surface area contributed by atoms with Crippen molar-refractivity contribution >= 4 is 11.5 Å². The van der Waals surface area contributed by atoms with Crippen molar-refractivity contribution in [3.63, 3.8) is 0 Å². The van der Waals surface area contributed by atoms with E-state index in [0.29, 0.717) is 12.5 Å². The summed E-state index contributed by atoms with van der Waals surface area (Å²) in [5.74, 6) is 0.746. The zero-order valence-corrected chi connectivity index (χ0v) is 11.4. The van der Waals surface area contributed by atoms with Gasteiger partial charge in [-0.05, 0) is 38.9 Å². The van der Waals surface area contributed by atoms with Crippen molar-refractivity contribution in [3.05, 3.63) is 27.9 Å². The van der Waals surface area contributed by atoms with Crippen LogP contribution in [0.2, 0.25) is 0 Å². The van der Waals surface area contributed by atoms with Gasteiger partial charge in [-0.25, -0.2) is 4.98 Å². The highest BCUT2D eigenvalue weighted by Gasteiger charge is 2.20. The minimum absolute atomic E-state index is 0.142. The zero-order valence-electron chi connectivity index (χ0n) is 11.4. The maximum Gasteiger partial charge on any atom is 0.312 e. The summed E-state index contributed by atoms with van der Waals surface area (Å²) in [6, 6.07) is 3.11. The maximum absolute atomic E-state index is 11.0. The van der Waals surface area contributed by atoms with Crippen molar-refractivity contribution in [2.45, 2.75) is 12.8 Å². The van der Waals surface area contributed by atoms with Crippen LogP contribution in [0.3, 0.4) is 0 Å². The van der Waals surface area contributed by atoms with Gasteiger partial charge in [-0.3, -0.25) is 10.1 Å². The Morgan fingerprint density at radius 1 is 1.60 bits per heavy atom. The van der Waals surface area contributed by atoms with E-state index < -0.39 is 4.92 Å². The summed E-state index contributed by atoms with van der Waals surface area (Å²) in [5.41, 5.74) is 0.0542. The molecule has 2 heterocycles. The predicted molar refractivity (Wildman–Crippen MR) is 74.3 cm³/mol. The van der Waals surface area contributed by atoms with E-state index in [4.69, 9.17) is 5.26 Å². The van der Waals surface area contributed by atoms with E-state index in [0.717, 1.165) is 25.9 Å². The summed E-state index contributed by atoms with van der Waals surface area (Å²) in [6.07, 6.45) is 3.51. The second-order valence-electron chi connectivity index (χ2n) is 5.09. The van der Waals surface area contributed by atoms with Crippen LogP contribution in [0.25, 0.3) is 0 Å². The van der Waals surface area contributed by atoms with Crippen molar-refractivity contribution in [2.24, 2.45) is 5.92 Å². The van der Waals surface area contributed by atoms with E-state index >= 15 is 0 Å². The minimum Gasteiger partial charge on any atom is -0.364 e. The van der Waals surface area contributed by atoms with Gasteiger partial charge in [-0.15, -0.1) is 0 Å². The fourth-order valence-electron chi connectivity index (χ4n) is 2.30. The summed E-state index contributed by atoms with van der Waals surface area (Å²) in [4.78, 5) is 16.7. The predicted octanol–water partition coefficient (Wildman–Crippen LogP) is 1.62. The molecule has 106 valence electrons. The van der Waals surface area contributed by atoms with Gasteiger partial charge in [0.2, 0.25) is 5.82 Å². The number of hydrogen-bond acceptors (Lipinski definition) is 6. The van der Waals surface area contributed by atoms with Crippen molar-refractivity contribution in [2.75, 3.05) is 32.0 Å². The zero-order chi connectivity index (χ0) is 14.5. The molecule has 1 aliphatic rings. The molecule has 0 saturated carbocycles. The Morgan fingerprint density at radius 3 is 2.90 bits per heavy atom. The number of anilines is 1. The molecule has 0 aromatic carbocycles. The van der Waals surface area contributed by atoms with Gasteiger partial charge in [0.1, 0.15) is 6.07 Å². The summed E-state index contributed by atoms with van der Waals surface area (Å²) in [7, 11) is 2.09. The molecular weight excluding hydrogens is 258 g/mol. The van der Waals surface area contributed by atoms with E-state index in [1.54, 1.807) is 0 Å². The van der Waals surface area contributed by atoms with Crippen LogP contribution in [-0.2, 0) is 0 Å². The molecule has 0 atom stereocenters. The van der Waals surface area contributed by atoms with Crippen LogP contribution in [0.4, 0.5) is 11.5 Å². The first-order valence-corrected chi connectivity index (χ1v) is 6.57. The topological polar surface area (TPSA) is 95.1 Å². The molecule has 1 aliphatic heterocycles. The van der Waals surface area contributed by atoms with Gasteiger partial charge in [-0.1, -0.05) is 0 Å². The lowest BCUT2D eigenvalue weighted by Gasteiger charge is -2.28. The summed E-state index contributed by atoms with van der Waals surface area (Å²) in [6.45, 7) is 2.78. The molecular formula is C13H17N5O2. The Bertz CT molecular complexity index is 532. The van der Waals surface area contributed by atoms with Crippen LogP contribution in [0.1, 0.15) is 18.4 Å². The number of nitriles is 1. The number of nitrogens with one attached hydrogen (secondary N) is 1. The molecule has 7 heteroatoms. The quantitative estimate of drug-likeness (QED) is 0.662. The summed E-state index contributed by atoms with van der Waals surface area (Å²) >= 11 is 0. The molecule has 0 spiro atoms. The van der Waals surface area contributed by atoms with Crippen LogP contribution in [0.15, 0.2) is 12.3 Å². The summed E-state index contributed by atoms with van der Waals surface area (Å²) in [5, 5.41) is 22.8. The molecule has 7 nitrogen and oxygen atoms in total. The molecule has 1 N–H and O–H groups in total. The van der Waals surface area contributed by atoms with Gasteiger partial charge < -0.3 is 10.2 Å². The van der Waals surface area contributed by atoms with Crippen LogP contribution >= 0.6 is 0 Å². The Labute approximate surface area is 117 Å². The van der Waals surface area contributed by atoms with E-state index in [1.165, 1.54) is 12.3 Å². The Kier molecular flexibility index (Phi) is 4.48. The van der Waals surface area contributed by atoms with Crippen molar-refractivity contribution < 1.29 is 4.92 Å². The fraction of sp³-hybridized carbons (Fsp3) is 0.538. The fourth-order valence-corrected chi connectivity index (χ4v) is 2.30. The van der Waals surface area contributed by atoms with Gasteiger partial charge in [0, 0.05) is 18.8 Å². The highest BCUT2D eigenvalue weighted by atomic mass is 16.6. The number of likely N-dealkylation sites (tertiary alicyclic amines) is 1. The standard InChI is InChI=1S/C13H17N5O2/c1-17-4-2-10(3-5-17)8-15-13-12(18(19)20)6-11(7-14)9-16-13/h6,9-10H,2-5,8H2,1H3,(H,15,16). The molecule has 0 radical (unpaired) electrons. The SMILES string of the molecule is CN1CCC(CNc2ncc(C#N)cc2[N+](=O)[O-])CC1. The molecule has 1 saturated heterocycles. The van der Waals surface area contributed by atoms with Gasteiger partial charge in [0.25, 0.3) is 0 Å². The van der Waals surface area contributed by atoms with Crippen LogP contribution < -0.4 is 5.32 Å². The van der Waals surface area contributed by atoms with Gasteiger partial charge >= 0.3 is 5.69 Å². The monoisotopic (exact) mass is 275 g/mol. The third-order valence-electron chi connectivity index (χ3n) is 3.59. The lowest BCUT2D eigenvalue weighted by molar-refractivity contribution is -0.384. The smallest absolute Gasteiger partial charge is 0.312 e. The Hall–Kier alpha value is -2.20. The second-order valence-corrected chi connectivity index (χ2v) is 5.09. The minimum atomic E-state index is -0.509. The molecule has 0 amide bonds. The molecule has 1 fully saturated rings. The molecule has 1 aromatic heterocycles. The average Bonchev–Trinajstić information content (AvgIpc) is 2.46. The Morgan fingerprint density at radius 2 is 2.30 bits per heavy atom. The first kappa shape index (κ1) is 14.2. The number of piperidine rings is 1. The Balaban J connectivity index is 2.02. The van der Waals surface area contributed by atoms with Gasteiger partial charge in [-0.2, -0.15) is 5.26 Å². The first-order chi connectivity index (χ1) is 9.60. The van der Waals surface area contributed by atoms with Crippen LogP contribution in [-0.4, -0.2) is 41.5 Å². The number of pyridine rings is 1. The number of hydrogen-bond donors (Lipinski definition) is 1. The summed E-state index contributed by atoms with van der Waals surface area (Å²) < 4.78 is 0. The average molecular weight is 275 g/mol. The van der Waals surface area contributed by atoms with Gasteiger partial charge in [0.05, 0.1) is 10.5 Å².